The van der Waals surface area contributed by atoms with Gasteiger partial charge < -0.3 is 14.8 Å². The zero-order chi connectivity index (χ0) is 29.3. The first-order chi connectivity index (χ1) is 19.8. The first-order valence-corrected chi connectivity index (χ1v) is 12.5. The van der Waals surface area contributed by atoms with Crippen molar-refractivity contribution >= 4 is 29.4 Å². The summed E-state index contributed by atoms with van der Waals surface area (Å²) in [7, 11) is 2.24. The lowest BCUT2D eigenvalue weighted by molar-refractivity contribution is -0.384. The predicted octanol–water partition coefficient (Wildman–Crippen LogP) is 2.85. The summed E-state index contributed by atoms with van der Waals surface area (Å²) >= 11 is 0. The fourth-order valence-electron chi connectivity index (χ4n) is 5.19. The van der Waals surface area contributed by atoms with Crippen LogP contribution in [0.2, 0.25) is 0 Å². The molecule has 208 valence electrons. The molecule has 1 fully saturated rings. The van der Waals surface area contributed by atoms with Gasteiger partial charge in [-0.2, -0.15) is 5.01 Å². The second-order valence-electron chi connectivity index (χ2n) is 9.20. The molecular weight excluding hydrogens is 532 g/mol. The van der Waals surface area contributed by atoms with Gasteiger partial charge in [0, 0.05) is 17.7 Å². The van der Waals surface area contributed by atoms with Crippen molar-refractivity contribution in [1.82, 2.24) is 15.3 Å². The fourth-order valence-corrected chi connectivity index (χ4v) is 5.19. The summed E-state index contributed by atoms with van der Waals surface area (Å²) in [4.78, 5) is 64.5. The molecule has 2 aliphatic rings. The highest BCUT2D eigenvalue weighted by Crippen LogP contribution is 2.51. The summed E-state index contributed by atoms with van der Waals surface area (Å²) in [5.41, 5.74) is 0.540. The predicted molar refractivity (Wildman–Crippen MR) is 142 cm³/mol. The highest BCUT2D eigenvalue weighted by molar-refractivity contribution is 6.07. The van der Waals surface area contributed by atoms with Crippen LogP contribution in [0.1, 0.15) is 33.6 Å². The Balaban J connectivity index is 1.71. The fraction of sp³-hybridized carbons (Fsp3) is 0.172. The number of methoxy groups -OCH3 is 2. The van der Waals surface area contributed by atoms with E-state index in [1.807, 2.05) is 0 Å². The molecule has 0 bridgehead atoms. The third-order valence-electron chi connectivity index (χ3n) is 6.98. The summed E-state index contributed by atoms with van der Waals surface area (Å²) in [5.74, 6) is -3.08. The van der Waals surface area contributed by atoms with E-state index in [2.05, 4.69) is 5.32 Å². The van der Waals surface area contributed by atoms with Crippen LogP contribution in [0.25, 0.3) is 0 Å². The summed E-state index contributed by atoms with van der Waals surface area (Å²) < 4.78 is 9.99. The number of hydrazine groups is 1. The van der Waals surface area contributed by atoms with Gasteiger partial charge in [-0.05, 0) is 23.3 Å². The topological polar surface area (TPSA) is 148 Å². The number of fused-ring (bicyclic) bond motifs is 1. The van der Waals surface area contributed by atoms with Crippen LogP contribution < -0.4 is 5.32 Å². The number of hydrogen-bond donors (Lipinski definition) is 1. The van der Waals surface area contributed by atoms with Crippen LogP contribution in [0.5, 0.6) is 0 Å². The molecular formula is C29H24N4O8. The van der Waals surface area contributed by atoms with Gasteiger partial charge in [0.25, 0.3) is 17.5 Å². The van der Waals surface area contributed by atoms with E-state index >= 15 is 0 Å². The Morgan fingerprint density at radius 1 is 0.829 bits per heavy atom. The molecule has 0 radical (unpaired) electrons. The Kier molecular flexibility index (Phi) is 7.32. The maximum atomic E-state index is 14.1. The number of nitro benzene ring substituents is 1. The van der Waals surface area contributed by atoms with Gasteiger partial charge in [0.05, 0.1) is 36.8 Å². The Hall–Kier alpha value is -5.36. The third-order valence-corrected chi connectivity index (χ3v) is 6.98. The second-order valence-corrected chi connectivity index (χ2v) is 9.20. The third kappa shape index (κ3) is 4.70. The molecule has 41 heavy (non-hydrogen) atoms. The molecule has 1 saturated heterocycles. The zero-order valence-electron chi connectivity index (χ0n) is 21.9. The number of rotatable bonds is 7. The Labute approximate surface area is 233 Å². The van der Waals surface area contributed by atoms with Crippen molar-refractivity contribution in [2.24, 2.45) is 0 Å². The molecule has 0 aromatic heterocycles. The van der Waals surface area contributed by atoms with Crippen LogP contribution in [-0.2, 0) is 23.9 Å². The number of nitrogens with zero attached hydrogens (tertiary/aromatic N) is 3. The molecule has 2 amide bonds. The normalized spacial score (nSPS) is 20.0. The van der Waals surface area contributed by atoms with Crippen molar-refractivity contribution in [3.63, 3.8) is 0 Å². The maximum Gasteiger partial charge on any atom is 0.356 e. The standard InChI is InChI=1S/C29H24N4O8/c1-40-28(36)21-23(18-13-15-20(16-14-18)33(38)39)31-24(17-9-5-3-6-10-17)22(27(35)32(31)25(21)29(37)41-2)30-26(34)19-11-7-4-8-12-19/h3-16,22-24H,1-2H3,(H,30,34)/t22-,23+,24-/m1/s1. The smallest absolute Gasteiger partial charge is 0.356 e. The molecule has 12 heteroatoms. The van der Waals surface area contributed by atoms with Crippen molar-refractivity contribution in [2.75, 3.05) is 14.2 Å². The van der Waals surface area contributed by atoms with Gasteiger partial charge in [-0.1, -0.05) is 60.7 Å². The largest absolute Gasteiger partial charge is 0.466 e. The molecule has 3 aromatic rings. The molecule has 0 saturated carbocycles. The molecule has 2 heterocycles. The van der Waals surface area contributed by atoms with Gasteiger partial charge in [-0.3, -0.25) is 19.7 Å². The van der Waals surface area contributed by atoms with E-state index in [-0.39, 0.29) is 17.0 Å². The number of non-ortho nitro benzene ring substituents is 1. The molecule has 2 aliphatic heterocycles. The van der Waals surface area contributed by atoms with Crippen molar-refractivity contribution in [3.05, 3.63) is 123 Å². The molecule has 0 aliphatic carbocycles. The molecule has 12 nitrogen and oxygen atoms in total. The number of nitrogens with one attached hydrogen (secondary N) is 1. The van der Waals surface area contributed by atoms with Gasteiger partial charge in [-0.15, -0.1) is 0 Å². The minimum absolute atomic E-state index is 0.185. The van der Waals surface area contributed by atoms with Crippen LogP contribution in [-0.4, -0.2) is 59.0 Å². The van der Waals surface area contributed by atoms with Gasteiger partial charge in [-0.25, -0.2) is 14.6 Å². The van der Waals surface area contributed by atoms with E-state index in [9.17, 15) is 29.3 Å². The van der Waals surface area contributed by atoms with Crippen molar-refractivity contribution in [1.29, 1.82) is 0 Å². The minimum Gasteiger partial charge on any atom is -0.466 e. The molecule has 1 N–H and O–H groups in total. The number of hydrogen-bond acceptors (Lipinski definition) is 9. The lowest BCUT2D eigenvalue weighted by atomic mass is 9.92. The minimum atomic E-state index is -1.19. The number of benzene rings is 3. The SMILES string of the molecule is COC(=O)C1=C(C(=O)OC)N2C(=O)[C@H](NC(=O)c3ccccc3)[C@@H](c3ccccc3)N2[C@H]1c1ccc([N+](=O)[O-])cc1. The quantitative estimate of drug-likeness (QED) is 0.263. The summed E-state index contributed by atoms with van der Waals surface area (Å²) in [6.45, 7) is 0. The molecule has 0 unspecified atom stereocenters. The lowest BCUT2D eigenvalue weighted by Gasteiger charge is -2.33. The van der Waals surface area contributed by atoms with E-state index in [4.69, 9.17) is 9.47 Å². The van der Waals surface area contributed by atoms with Crippen LogP contribution >= 0.6 is 0 Å². The number of nitro groups is 1. The van der Waals surface area contributed by atoms with E-state index < -0.39 is 46.8 Å². The van der Waals surface area contributed by atoms with E-state index in [1.165, 1.54) is 29.3 Å². The maximum absolute atomic E-state index is 14.1. The van der Waals surface area contributed by atoms with Crippen LogP contribution in [0.4, 0.5) is 5.69 Å². The summed E-state index contributed by atoms with van der Waals surface area (Å²) in [6.07, 6.45) is 0. The van der Waals surface area contributed by atoms with Gasteiger partial charge in [0.1, 0.15) is 6.04 Å². The molecule has 5 rings (SSSR count). The van der Waals surface area contributed by atoms with Crippen molar-refractivity contribution < 1.29 is 33.6 Å². The number of ether oxygens (including phenoxy) is 2. The summed E-state index contributed by atoms with van der Waals surface area (Å²) in [5, 5.41) is 16.7. The van der Waals surface area contributed by atoms with Gasteiger partial charge in [0.2, 0.25) is 0 Å². The van der Waals surface area contributed by atoms with Crippen molar-refractivity contribution in [2.45, 2.75) is 18.1 Å². The van der Waals surface area contributed by atoms with Crippen LogP contribution in [0.15, 0.2) is 96.2 Å². The Morgan fingerprint density at radius 2 is 1.41 bits per heavy atom. The van der Waals surface area contributed by atoms with Crippen LogP contribution in [0.3, 0.4) is 0 Å². The first-order valence-electron chi connectivity index (χ1n) is 12.5. The molecule has 3 aromatic carbocycles. The van der Waals surface area contributed by atoms with E-state index in [0.29, 0.717) is 16.7 Å². The molecule has 0 spiro atoms. The Morgan fingerprint density at radius 3 is 1.98 bits per heavy atom. The molecule has 3 atom stereocenters. The number of carbonyl (C=O) groups is 4. The van der Waals surface area contributed by atoms with Crippen LogP contribution in [0, 0.1) is 10.1 Å². The average molecular weight is 557 g/mol. The number of amides is 2. The zero-order valence-corrected chi connectivity index (χ0v) is 21.9. The number of esters is 2. The number of carbonyl (C=O) groups excluding carboxylic acids is 4. The second kappa shape index (κ2) is 11.0. The monoisotopic (exact) mass is 556 g/mol. The first kappa shape index (κ1) is 27.2. The Bertz CT molecular complexity index is 1560. The van der Waals surface area contributed by atoms with Gasteiger partial charge >= 0.3 is 11.9 Å². The average Bonchev–Trinajstić information content (AvgIpc) is 3.49. The highest BCUT2D eigenvalue weighted by atomic mass is 16.6. The highest BCUT2D eigenvalue weighted by Gasteiger charge is 2.60. The summed E-state index contributed by atoms with van der Waals surface area (Å²) in [6, 6.07) is 19.3. The van der Waals surface area contributed by atoms with Crippen molar-refractivity contribution in [3.8, 4) is 0 Å². The van der Waals surface area contributed by atoms with E-state index in [1.54, 1.807) is 60.7 Å². The van der Waals surface area contributed by atoms with Gasteiger partial charge in [0.15, 0.2) is 5.70 Å². The van der Waals surface area contributed by atoms with E-state index in [0.717, 1.165) is 19.2 Å². The lowest BCUT2D eigenvalue weighted by Crippen LogP contribution is -2.44.